The van der Waals surface area contributed by atoms with Crippen LogP contribution in [0.5, 0.6) is 0 Å². The lowest BCUT2D eigenvalue weighted by molar-refractivity contribution is -0.121. The molecular weight excluding hydrogens is 473 g/mol. The van der Waals surface area contributed by atoms with Crippen LogP contribution in [-0.2, 0) is 14.8 Å². The number of thiocarbonyl (C=S) groups is 2. The van der Waals surface area contributed by atoms with Crippen LogP contribution in [0.4, 0.5) is 0 Å². The molecular formula is C20H20N4O3S4. The summed E-state index contributed by atoms with van der Waals surface area (Å²) in [6.07, 6.45) is 0. The van der Waals surface area contributed by atoms with Crippen molar-refractivity contribution in [2.75, 3.05) is 19.8 Å². The number of hydrogen-bond acceptors (Lipinski definition) is 6. The fourth-order valence-electron chi connectivity index (χ4n) is 2.82. The molecule has 0 unspecified atom stereocenters. The van der Waals surface area contributed by atoms with Crippen molar-refractivity contribution in [2.24, 2.45) is 0 Å². The summed E-state index contributed by atoms with van der Waals surface area (Å²) in [6, 6.07) is 16.8. The Balaban J connectivity index is 1.60. The van der Waals surface area contributed by atoms with Crippen LogP contribution in [0.15, 0.2) is 60.0 Å². The van der Waals surface area contributed by atoms with Crippen LogP contribution in [-0.4, -0.2) is 54.2 Å². The highest BCUT2D eigenvalue weighted by Gasteiger charge is 2.22. The molecule has 2 N–H and O–H groups in total. The Morgan fingerprint density at radius 3 is 2.32 bits per heavy atom. The molecule has 11 heteroatoms. The van der Waals surface area contributed by atoms with Crippen LogP contribution >= 0.6 is 35.8 Å². The highest BCUT2D eigenvalue weighted by molar-refractivity contribution is 7.90. The molecule has 0 bridgehead atoms. The molecule has 1 amide bonds. The fourth-order valence-corrected chi connectivity index (χ4v) is 5.28. The van der Waals surface area contributed by atoms with Crippen LogP contribution in [0, 0.1) is 0 Å². The monoisotopic (exact) mass is 492 g/mol. The maximum absolute atomic E-state index is 12.5. The van der Waals surface area contributed by atoms with Gasteiger partial charge in [0, 0.05) is 40.7 Å². The van der Waals surface area contributed by atoms with Crippen molar-refractivity contribution in [3.8, 4) is 0 Å². The molecule has 162 valence electrons. The van der Waals surface area contributed by atoms with Gasteiger partial charge in [-0.05, 0) is 6.07 Å². The van der Waals surface area contributed by atoms with Gasteiger partial charge >= 0.3 is 0 Å². The standard InChI is InChI=1S/C20H20N4O3S4/c1-23(19(28)14-8-4-3-5-9-14)21-18(25)13-31(26,27)22-24(2)20(29)16-12-30-17-11-7-6-10-15(16)17/h3-12,22H,13H2,1-2H3,(H,21,25). The molecule has 0 radical (unpaired) electrons. The summed E-state index contributed by atoms with van der Waals surface area (Å²) in [6.45, 7) is 0. The summed E-state index contributed by atoms with van der Waals surface area (Å²) in [5, 5.41) is 5.36. The molecule has 1 aromatic heterocycles. The van der Waals surface area contributed by atoms with Gasteiger partial charge in [0.15, 0.2) is 0 Å². The molecule has 0 atom stereocenters. The van der Waals surface area contributed by atoms with E-state index in [9.17, 15) is 13.2 Å². The Morgan fingerprint density at radius 2 is 1.61 bits per heavy atom. The summed E-state index contributed by atoms with van der Waals surface area (Å²) in [4.78, 5) is 15.3. The van der Waals surface area contributed by atoms with Crippen molar-refractivity contribution in [3.63, 3.8) is 0 Å². The van der Waals surface area contributed by atoms with Gasteiger partial charge in [0.05, 0.1) is 0 Å². The zero-order chi connectivity index (χ0) is 22.6. The highest BCUT2D eigenvalue weighted by Crippen LogP contribution is 2.26. The zero-order valence-corrected chi connectivity index (χ0v) is 20.0. The molecule has 0 saturated carbocycles. The van der Waals surface area contributed by atoms with E-state index in [1.54, 1.807) is 19.2 Å². The third-order valence-corrected chi connectivity index (χ3v) is 7.39. The van der Waals surface area contributed by atoms with Crippen LogP contribution in [0.25, 0.3) is 10.1 Å². The van der Waals surface area contributed by atoms with E-state index in [0.29, 0.717) is 9.98 Å². The number of amides is 1. The predicted molar refractivity (Wildman–Crippen MR) is 132 cm³/mol. The number of benzene rings is 2. The Hall–Kier alpha value is -2.44. The molecule has 0 fully saturated rings. The first kappa shape index (κ1) is 23.2. The van der Waals surface area contributed by atoms with Crippen LogP contribution < -0.4 is 10.3 Å². The molecule has 31 heavy (non-hydrogen) atoms. The van der Waals surface area contributed by atoms with E-state index in [0.717, 1.165) is 21.2 Å². The largest absolute Gasteiger partial charge is 0.287 e. The molecule has 0 aliphatic rings. The van der Waals surface area contributed by atoms with Gasteiger partial charge < -0.3 is 0 Å². The Kier molecular flexibility index (Phi) is 7.34. The molecule has 0 aliphatic heterocycles. The Bertz CT molecular complexity index is 1230. The number of nitrogens with one attached hydrogen (secondary N) is 2. The molecule has 0 spiro atoms. The van der Waals surface area contributed by atoms with E-state index < -0.39 is 21.7 Å². The zero-order valence-electron chi connectivity index (χ0n) is 16.7. The highest BCUT2D eigenvalue weighted by atomic mass is 32.2. The van der Waals surface area contributed by atoms with E-state index in [2.05, 4.69) is 10.3 Å². The normalized spacial score (nSPS) is 11.2. The summed E-state index contributed by atoms with van der Waals surface area (Å²) in [5.41, 5.74) is 3.95. The minimum absolute atomic E-state index is 0.309. The number of fused-ring (bicyclic) bond motifs is 1. The van der Waals surface area contributed by atoms with Crippen molar-refractivity contribution >= 4 is 71.8 Å². The van der Waals surface area contributed by atoms with E-state index in [-0.39, 0.29) is 0 Å². The fraction of sp³-hybridized carbons (Fsp3) is 0.150. The van der Waals surface area contributed by atoms with Crippen molar-refractivity contribution in [1.29, 1.82) is 0 Å². The van der Waals surface area contributed by atoms with Crippen LogP contribution in [0.1, 0.15) is 11.1 Å². The molecule has 7 nitrogen and oxygen atoms in total. The van der Waals surface area contributed by atoms with Crippen molar-refractivity contribution in [1.82, 2.24) is 20.3 Å². The van der Waals surface area contributed by atoms with Crippen molar-refractivity contribution < 1.29 is 13.2 Å². The van der Waals surface area contributed by atoms with E-state index in [1.165, 1.54) is 28.4 Å². The summed E-state index contributed by atoms with van der Waals surface area (Å²) < 4.78 is 26.0. The lowest BCUT2D eigenvalue weighted by Gasteiger charge is -2.23. The van der Waals surface area contributed by atoms with Gasteiger partial charge in [-0.25, -0.2) is 8.42 Å². The van der Waals surface area contributed by atoms with Crippen LogP contribution in [0.3, 0.4) is 0 Å². The number of hydrazine groups is 2. The predicted octanol–water partition coefficient (Wildman–Crippen LogP) is 2.68. The minimum Gasteiger partial charge on any atom is -0.287 e. The molecule has 3 aromatic rings. The number of nitrogens with zero attached hydrogens (tertiary/aromatic N) is 2. The summed E-state index contributed by atoms with van der Waals surface area (Å²) >= 11 is 12.3. The number of carbonyl (C=O) groups excluding carboxylic acids is 1. The second kappa shape index (κ2) is 9.79. The average molecular weight is 493 g/mol. The van der Waals surface area contributed by atoms with Crippen molar-refractivity contribution in [2.45, 2.75) is 0 Å². The van der Waals surface area contributed by atoms with Gasteiger partial charge in [-0.15, -0.1) is 16.2 Å². The Morgan fingerprint density at radius 1 is 0.968 bits per heavy atom. The number of sulfonamides is 1. The number of carbonyl (C=O) groups is 1. The van der Waals surface area contributed by atoms with Gasteiger partial charge in [0.1, 0.15) is 15.7 Å². The summed E-state index contributed by atoms with van der Waals surface area (Å²) in [7, 11) is -0.943. The quantitative estimate of drug-likeness (QED) is 0.404. The number of rotatable bonds is 6. The van der Waals surface area contributed by atoms with Gasteiger partial charge in [-0.1, -0.05) is 73.0 Å². The molecule has 3 rings (SSSR count). The number of hydrogen-bond donors (Lipinski definition) is 2. The van der Waals surface area contributed by atoms with Gasteiger partial charge in [-0.3, -0.25) is 20.2 Å². The first-order chi connectivity index (χ1) is 14.7. The Labute approximate surface area is 195 Å². The topological polar surface area (TPSA) is 81.8 Å². The first-order valence-corrected chi connectivity index (χ1v) is 12.4. The summed E-state index contributed by atoms with van der Waals surface area (Å²) in [5.74, 6) is -1.51. The van der Waals surface area contributed by atoms with Crippen LogP contribution in [0.2, 0.25) is 0 Å². The SMILES string of the molecule is CN(NC(=O)CS(=O)(=O)NN(C)C(=S)c1csc2ccccc12)C(=S)c1ccccc1. The van der Waals surface area contributed by atoms with E-state index in [1.807, 2.05) is 47.8 Å². The lowest BCUT2D eigenvalue weighted by atomic mass is 10.2. The first-order valence-electron chi connectivity index (χ1n) is 9.05. The number of thiophene rings is 1. The smallest absolute Gasteiger partial charge is 0.255 e. The molecule has 0 aliphatic carbocycles. The third-order valence-electron chi connectivity index (χ3n) is 4.23. The van der Waals surface area contributed by atoms with Gasteiger partial charge in [0.25, 0.3) is 5.91 Å². The third kappa shape index (κ3) is 5.83. The molecule has 1 heterocycles. The van der Waals surface area contributed by atoms with E-state index in [4.69, 9.17) is 24.4 Å². The maximum atomic E-state index is 12.5. The van der Waals surface area contributed by atoms with Gasteiger partial charge in [-0.2, -0.15) is 0 Å². The van der Waals surface area contributed by atoms with E-state index >= 15 is 0 Å². The molecule has 2 aromatic carbocycles. The lowest BCUT2D eigenvalue weighted by Crippen LogP contribution is -2.49. The second-order valence-electron chi connectivity index (χ2n) is 6.63. The van der Waals surface area contributed by atoms with Gasteiger partial charge in [0.2, 0.25) is 10.0 Å². The average Bonchev–Trinajstić information content (AvgIpc) is 3.16. The maximum Gasteiger partial charge on any atom is 0.255 e. The minimum atomic E-state index is -4.00. The second-order valence-corrected chi connectivity index (χ2v) is 10.0. The van der Waals surface area contributed by atoms with Crippen molar-refractivity contribution in [3.05, 3.63) is 71.1 Å². The molecule has 0 saturated heterocycles.